The van der Waals surface area contributed by atoms with Crippen LogP contribution in [0.3, 0.4) is 0 Å². The predicted octanol–water partition coefficient (Wildman–Crippen LogP) is 1.17. The summed E-state index contributed by atoms with van der Waals surface area (Å²) in [5.41, 5.74) is 0. The van der Waals surface area contributed by atoms with Crippen LogP contribution in [0.5, 0.6) is 0 Å². The maximum absolute atomic E-state index is 8.54. The van der Waals surface area contributed by atoms with Crippen molar-refractivity contribution in [3.8, 4) is 6.07 Å². The van der Waals surface area contributed by atoms with Gasteiger partial charge in [-0.25, -0.2) is 0 Å². The minimum atomic E-state index is -0.0982. The molecule has 0 aromatic carbocycles. The first-order valence-electron chi connectivity index (χ1n) is 5.76. The average Bonchev–Trinajstić information content (AvgIpc) is 2.68. The number of rotatable bonds is 3. The van der Waals surface area contributed by atoms with Crippen molar-refractivity contribution >= 4 is 0 Å². The summed E-state index contributed by atoms with van der Waals surface area (Å²) in [4.78, 5) is 0. The van der Waals surface area contributed by atoms with Gasteiger partial charge in [-0.2, -0.15) is 5.26 Å². The van der Waals surface area contributed by atoms with E-state index in [9.17, 15) is 0 Å². The normalized spacial score (nSPS) is 36.3. The molecule has 4 heteroatoms. The monoisotopic (exact) mass is 210 g/mol. The van der Waals surface area contributed by atoms with Crippen LogP contribution in [0.15, 0.2) is 0 Å². The molecule has 2 aliphatic rings. The van der Waals surface area contributed by atoms with Crippen molar-refractivity contribution in [3.05, 3.63) is 0 Å². The van der Waals surface area contributed by atoms with E-state index in [4.69, 9.17) is 14.7 Å². The summed E-state index contributed by atoms with van der Waals surface area (Å²) in [6.07, 6.45) is 5.04. The Hall–Kier alpha value is -0.630. The smallest absolute Gasteiger partial charge is 0.159 e. The van der Waals surface area contributed by atoms with Gasteiger partial charge in [-0.1, -0.05) is 6.42 Å². The quantitative estimate of drug-likeness (QED) is 0.759. The lowest BCUT2D eigenvalue weighted by Gasteiger charge is -2.25. The molecular weight excluding hydrogens is 192 g/mol. The van der Waals surface area contributed by atoms with E-state index in [1.807, 2.05) is 0 Å². The summed E-state index contributed by atoms with van der Waals surface area (Å²) >= 11 is 0. The summed E-state index contributed by atoms with van der Waals surface area (Å²) < 4.78 is 11.1. The molecule has 0 saturated carbocycles. The van der Waals surface area contributed by atoms with Gasteiger partial charge >= 0.3 is 0 Å². The van der Waals surface area contributed by atoms with Gasteiger partial charge in [0.15, 0.2) is 6.29 Å². The Labute approximate surface area is 90.5 Å². The molecule has 0 aromatic rings. The maximum atomic E-state index is 8.54. The number of hydrogen-bond donors (Lipinski definition) is 1. The Bertz CT molecular complexity index is 233. The highest BCUT2D eigenvalue weighted by molar-refractivity contribution is 4.81. The number of nitrogens with one attached hydrogen (secondary N) is 1. The molecule has 0 aliphatic carbocycles. The van der Waals surface area contributed by atoms with E-state index in [-0.39, 0.29) is 12.4 Å². The van der Waals surface area contributed by atoms with Crippen molar-refractivity contribution in [2.75, 3.05) is 13.2 Å². The molecular formula is C11H18N2O2. The molecule has 0 amide bonds. The minimum absolute atomic E-state index is 0.0106. The Morgan fingerprint density at radius 1 is 1.40 bits per heavy atom. The Morgan fingerprint density at radius 3 is 3.07 bits per heavy atom. The largest absolute Gasteiger partial charge is 0.350 e. The van der Waals surface area contributed by atoms with E-state index >= 15 is 0 Å². The third-order valence-corrected chi connectivity index (χ3v) is 3.02. The highest BCUT2D eigenvalue weighted by Gasteiger charge is 2.28. The molecule has 2 rings (SSSR count). The van der Waals surface area contributed by atoms with Crippen molar-refractivity contribution in [1.82, 2.24) is 5.32 Å². The molecule has 2 fully saturated rings. The zero-order chi connectivity index (χ0) is 10.5. The van der Waals surface area contributed by atoms with Crippen LogP contribution in [0, 0.1) is 11.3 Å². The first kappa shape index (κ1) is 10.9. The fourth-order valence-electron chi connectivity index (χ4n) is 2.20. The van der Waals surface area contributed by atoms with E-state index in [0.29, 0.717) is 19.1 Å². The molecule has 3 atom stereocenters. The lowest BCUT2D eigenvalue weighted by molar-refractivity contribution is -0.0678. The number of nitrogens with zero attached hydrogens (tertiary/aromatic N) is 1. The highest BCUT2D eigenvalue weighted by Crippen LogP contribution is 2.21. The van der Waals surface area contributed by atoms with Gasteiger partial charge in [0, 0.05) is 12.5 Å². The van der Waals surface area contributed by atoms with Gasteiger partial charge in [0.2, 0.25) is 0 Å². The fourth-order valence-corrected chi connectivity index (χ4v) is 2.20. The molecule has 1 N–H and O–H groups in total. The van der Waals surface area contributed by atoms with Gasteiger partial charge in [0.05, 0.1) is 25.2 Å². The lowest BCUT2D eigenvalue weighted by Crippen LogP contribution is -2.37. The first-order chi connectivity index (χ1) is 7.38. The fraction of sp³-hybridized carbons (Fsp3) is 0.909. The van der Waals surface area contributed by atoms with Crippen LogP contribution < -0.4 is 5.32 Å². The summed E-state index contributed by atoms with van der Waals surface area (Å²) in [6, 6.07) is 2.65. The number of nitriles is 1. The minimum Gasteiger partial charge on any atom is -0.350 e. The maximum Gasteiger partial charge on any atom is 0.159 e. The van der Waals surface area contributed by atoms with Crippen LogP contribution in [0.4, 0.5) is 0 Å². The zero-order valence-corrected chi connectivity index (χ0v) is 8.95. The summed E-state index contributed by atoms with van der Waals surface area (Å²) in [6.45, 7) is 1.68. The molecule has 2 saturated heterocycles. The molecule has 2 heterocycles. The van der Waals surface area contributed by atoms with Gasteiger partial charge < -0.3 is 14.8 Å². The van der Waals surface area contributed by atoms with Gasteiger partial charge in [0.1, 0.15) is 0 Å². The van der Waals surface area contributed by atoms with Crippen molar-refractivity contribution in [1.29, 1.82) is 5.26 Å². The van der Waals surface area contributed by atoms with Gasteiger partial charge in [-0.05, 0) is 19.4 Å². The van der Waals surface area contributed by atoms with E-state index < -0.39 is 0 Å². The van der Waals surface area contributed by atoms with Gasteiger partial charge in [0.25, 0.3) is 0 Å². The average molecular weight is 210 g/mol. The SMILES string of the molecule is N#CCC1COC(CC2CCCCN2)O1. The van der Waals surface area contributed by atoms with Crippen LogP contribution >= 0.6 is 0 Å². The standard InChI is InChI=1S/C11H18N2O2/c12-5-4-10-8-14-11(15-10)7-9-3-1-2-6-13-9/h9-11,13H,1-4,6-8H2. The molecule has 4 nitrogen and oxygen atoms in total. The molecule has 0 bridgehead atoms. The molecule has 15 heavy (non-hydrogen) atoms. The molecule has 3 unspecified atom stereocenters. The van der Waals surface area contributed by atoms with Crippen LogP contribution in [-0.2, 0) is 9.47 Å². The summed E-state index contributed by atoms with van der Waals surface area (Å²) in [5.74, 6) is 0. The zero-order valence-electron chi connectivity index (χ0n) is 8.95. The molecule has 84 valence electrons. The molecule has 0 radical (unpaired) electrons. The number of ether oxygens (including phenoxy) is 2. The first-order valence-corrected chi connectivity index (χ1v) is 5.76. The third kappa shape index (κ3) is 3.16. The Morgan fingerprint density at radius 2 is 2.33 bits per heavy atom. The molecule has 2 aliphatic heterocycles. The van der Waals surface area contributed by atoms with E-state index in [0.717, 1.165) is 13.0 Å². The second kappa shape index (κ2) is 5.45. The number of hydrogen-bond acceptors (Lipinski definition) is 4. The van der Waals surface area contributed by atoms with E-state index in [1.54, 1.807) is 0 Å². The van der Waals surface area contributed by atoms with Crippen molar-refractivity contribution in [2.45, 2.75) is 50.5 Å². The lowest BCUT2D eigenvalue weighted by atomic mass is 10.0. The van der Waals surface area contributed by atoms with Gasteiger partial charge in [-0.15, -0.1) is 0 Å². The highest BCUT2D eigenvalue weighted by atomic mass is 16.7. The second-order valence-corrected chi connectivity index (χ2v) is 4.27. The van der Waals surface area contributed by atoms with Crippen molar-refractivity contribution in [2.24, 2.45) is 0 Å². The van der Waals surface area contributed by atoms with Crippen molar-refractivity contribution in [3.63, 3.8) is 0 Å². The van der Waals surface area contributed by atoms with E-state index in [1.165, 1.54) is 19.3 Å². The van der Waals surface area contributed by atoms with Gasteiger partial charge in [-0.3, -0.25) is 0 Å². The third-order valence-electron chi connectivity index (χ3n) is 3.02. The second-order valence-electron chi connectivity index (χ2n) is 4.27. The Balaban J connectivity index is 1.69. The molecule has 0 spiro atoms. The van der Waals surface area contributed by atoms with Crippen LogP contribution in [-0.4, -0.2) is 31.6 Å². The van der Waals surface area contributed by atoms with Crippen molar-refractivity contribution < 1.29 is 9.47 Å². The number of piperidine rings is 1. The summed E-state index contributed by atoms with van der Waals surface area (Å²) in [5, 5.41) is 12.0. The topological polar surface area (TPSA) is 54.3 Å². The summed E-state index contributed by atoms with van der Waals surface area (Å²) in [7, 11) is 0. The van der Waals surface area contributed by atoms with Crippen LogP contribution in [0.2, 0.25) is 0 Å². The van der Waals surface area contributed by atoms with Crippen LogP contribution in [0.25, 0.3) is 0 Å². The molecule has 0 aromatic heterocycles. The van der Waals surface area contributed by atoms with Crippen LogP contribution in [0.1, 0.15) is 32.1 Å². The van der Waals surface area contributed by atoms with E-state index in [2.05, 4.69) is 11.4 Å². The predicted molar refractivity (Wildman–Crippen MR) is 55.1 cm³/mol. The Kier molecular flexibility index (Phi) is 3.95.